The van der Waals surface area contributed by atoms with Crippen LogP contribution < -0.4 is 11.1 Å². The van der Waals surface area contributed by atoms with Crippen molar-refractivity contribution in [2.75, 3.05) is 0 Å². The minimum atomic E-state index is -0.426. The number of rotatable bonds is 3. The van der Waals surface area contributed by atoms with Gasteiger partial charge in [0.2, 0.25) is 5.95 Å². The Labute approximate surface area is 220 Å². The van der Waals surface area contributed by atoms with E-state index in [1.807, 2.05) is 97.1 Å². The van der Waals surface area contributed by atoms with E-state index in [1.165, 1.54) is 4.52 Å². The van der Waals surface area contributed by atoms with Crippen molar-refractivity contribution in [1.82, 2.24) is 28.5 Å². The summed E-state index contributed by atoms with van der Waals surface area (Å²) in [5.74, 6) is 1.27. The molecule has 0 aliphatic heterocycles. The van der Waals surface area contributed by atoms with Gasteiger partial charge in [-0.15, -0.1) is 0 Å². The smallest absolute Gasteiger partial charge is 0.271 e. The van der Waals surface area contributed by atoms with Crippen LogP contribution in [0, 0.1) is 0 Å². The van der Waals surface area contributed by atoms with Gasteiger partial charge in [-0.25, -0.2) is 9.50 Å². The van der Waals surface area contributed by atoms with Gasteiger partial charge in [-0.2, -0.15) is 14.5 Å². The predicted molar refractivity (Wildman–Crippen MR) is 151 cm³/mol. The maximum atomic E-state index is 14.0. The highest BCUT2D eigenvalue weighted by Crippen LogP contribution is 2.32. The van der Waals surface area contributed by atoms with E-state index in [9.17, 15) is 9.59 Å². The standard InChI is InChI=1S/C31H18N6O2/c38-29-22-16-8-10-18-24(22)36-25-21-15-7-9-17-23(21)35(26(25)30(39)37(29)36)31-33-27(19-11-3-1-4-12-19)32-28(34-31)20-13-5-2-6-14-20/h1-18H. The third-order valence-electron chi connectivity index (χ3n) is 7.10. The molecule has 0 fully saturated rings. The van der Waals surface area contributed by atoms with Crippen LogP contribution in [0.4, 0.5) is 0 Å². The molecule has 8 aromatic rings. The molecule has 4 aromatic heterocycles. The Bertz CT molecular complexity index is 2260. The summed E-state index contributed by atoms with van der Waals surface area (Å²) < 4.78 is 4.67. The molecular formula is C31H18N6O2. The largest absolute Gasteiger partial charge is 0.299 e. The summed E-state index contributed by atoms with van der Waals surface area (Å²) in [6.07, 6.45) is 0. The van der Waals surface area contributed by atoms with Crippen LogP contribution in [0.2, 0.25) is 0 Å². The topological polar surface area (TPSA) is 86.6 Å². The molecule has 4 aromatic carbocycles. The molecule has 8 nitrogen and oxygen atoms in total. The quantitative estimate of drug-likeness (QED) is 0.338. The molecule has 8 heteroatoms. The lowest BCUT2D eigenvalue weighted by molar-refractivity contribution is 0.839. The second kappa shape index (κ2) is 7.93. The van der Waals surface area contributed by atoms with Crippen LogP contribution in [0.15, 0.2) is 119 Å². The minimum Gasteiger partial charge on any atom is -0.271 e. The molecule has 0 atom stereocenters. The first kappa shape index (κ1) is 21.5. The summed E-state index contributed by atoms with van der Waals surface area (Å²) >= 11 is 0. The van der Waals surface area contributed by atoms with E-state index in [0.717, 1.165) is 22.0 Å². The Balaban J connectivity index is 1.55. The molecule has 8 rings (SSSR count). The average molecular weight is 507 g/mol. The maximum absolute atomic E-state index is 14.0. The van der Waals surface area contributed by atoms with E-state index in [-0.39, 0.29) is 5.56 Å². The first-order chi connectivity index (χ1) is 19.2. The lowest BCUT2D eigenvalue weighted by Gasteiger charge is -2.10. The highest BCUT2D eigenvalue weighted by molar-refractivity contribution is 6.08. The van der Waals surface area contributed by atoms with E-state index in [4.69, 9.17) is 15.0 Å². The lowest BCUT2D eigenvalue weighted by Crippen LogP contribution is -2.23. The molecule has 0 bridgehead atoms. The van der Waals surface area contributed by atoms with Crippen LogP contribution in [-0.4, -0.2) is 28.5 Å². The van der Waals surface area contributed by atoms with Crippen molar-refractivity contribution in [3.8, 4) is 28.7 Å². The monoisotopic (exact) mass is 506 g/mol. The van der Waals surface area contributed by atoms with E-state index < -0.39 is 5.56 Å². The van der Waals surface area contributed by atoms with Crippen molar-refractivity contribution < 1.29 is 0 Å². The molecule has 0 spiro atoms. The van der Waals surface area contributed by atoms with Gasteiger partial charge < -0.3 is 0 Å². The second-order valence-corrected chi connectivity index (χ2v) is 9.32. The molecule has 0 unspecified atom stereocenters. The molecule has 184 valence electrons. The zero-order valence-corrected chi connectivity index (χ0v) is 20.4. The van der Waals surface area contributed by atoms with Crippen LogP contribution in [0.3, 0.4) is 0 Å². The number of benzene rings is 4. The molecule has 0 radical (unpaired) electrons. The van der Waals surface area contributed by atoms with Gasteiger partial charge in [-0.3, -0.25) is 14.2 Å². The number of hydrogen-bond acceptors (Lipinski definition) is 5. The van der Waals surface area contributed by atoms with Crippen molar-refractivity contribution in [1.29, 1.82) is 0 Å². The van der Waals surface area contributed by atoms with Gasteiger partial charge in [0.25, 0.3) is 11.1 Å². The Hall–Kier alpha value is -5.63. The van der Waals surface area contributed by atoms with Crippen LogP contribution in [0.5, 0.6) is 0 Å². The van der Waals surface area contributed by atoms with Gasteiger partial charge in [0.05, 0.1) is 16.4 Å². The lowest BCUT2D eigenvalue weighted by atomic mass is 10.2. The number of hydrogen-bond donors (Lipinski definition) is 0. The summed E-state index contributed by atoms with van der Waals surface area (Å²) in [5, 5.41) is 1.31. The minimum absolute atomic E-state index is 0.302. The van der Waals surface area contributed by atoms with E-state index in [2.05, 4.69) is 0 Å². The van der Waals surface area contributed by atoms with Crippen LogP contribution in [0.25, 0.3) is 61.6 Å². The summed E-state index contributed by atoms with van der Waals surface area (Å²) in [7, 11) is 0. The Kier molecular flexibility index (Phi) is 4.36. The molecule has 39 heavy (non-hydrogen) atoms. The van der Waals surface area contributed by atoms with Gasteiger partial charge in [0.15, 0.2) is 11.6 Å². The number of fused-ring (bicyclic) bond motifs is 7. The fourth-order valence-electron chi connectivity index (χ4n) is 5.39. The van der Waals surface area contributed by atoms with Gasteiger partial charge in [0.1, 0.15) is 11.0 Å². The van der Waals surface area contributed by atoms with E-state index in [0.29, 0.717) is 39.5 Å². The molecule has 4 heterocycles. The fraction of sp³-hybridized carbons (Fsp3) is 0. The number of nitrogens with zero attached hydrogens (tertiary/aromatic N) is 6. The van der Waals surface area contributed by atoms with Gasteiger partial charge in [-0.05, 0) is 18.2 Å². The van der Waals surface area contributed by atoms with Crippen LogP contribution >= 0.6 is 0 Å². The molecule has 0 aliphatic carbocycles. The molecule has 0 aliphatic rings. The summed E-state index contributed by atoms with van der Waals surface area (Å²) in [4.78, 5) is 41.8. The molecular weight excluding hydrogens is 488 g/mol. The second-order valence-electron chi connectivity index (χ2n) is 9.32. The first-order valence-electron chi connectivity index (χ1n) is 12.5. The van der Waals surface area contributed by atoms with E-state index >= 15 is 0 Å². The van der Waals surface area contributed by atoms with Gasteiger partial charge in [-0.1, -0.05) is 91.0 Å². The zero-order valence-electron chi connectivity index (χ0n) is 20.4. The SMILES string of the molecule is O=c1c2ccccc2n2c3c4ccccc4n(-c4nc(-c5ccccc5)nc(-c5ccccc5)n4)c3c(=O)n12. The van der Waals surface area contributed by atoms with Crippen molar-refractivity contribution in [3.63, 3.8) is 0 Å². The summed E-state index contributed by atoms with van der Waals surface area (Å²) in [6.45, 7) is 0. The third kappa shape index (κ3) is 2.96. The zero-order chi connectivity index (χ0) is 26.1. The third-order valence-corrected chi connectivity index (χ3v) is 7.10. The maximum Gasteiger partial charge on any atom is 0.299 e. The van der Waals surface area contributed by atoms with Crippen molar-refractivity contribution in [2.24, 2.45) is 0 Å². The van der Waals surface area contributed by atoms with Crippen molar-refractivity contribution in [2.45, 2.75) is 0 Å². The predicted octanol–water partition coefficient (Wildman–Crippen LogP) is 4.97. The normalized spacial score (nSPS) is 11.8. The molecule has 0 amide bonds. The Morgan fingerprint density at radius 2 is 1.00 bits per heavy atom. The highest BCUT2D eigenvalue weighted by atomic mass is 16.2. The Morgan fingerprint density at radius 3 is 1.64 bits per heavy atom. The van der Waals surface area contributed by atoms with Crippen molar-refractivity contribution >= 4 is 32.8 Å². The average Bonchev–Trinajstić information content (AvgIpc) is 3.60. The Morgan fingerprint density at radius 1 is 0.462 bits per heavy atom. The number of aromatic nitrogens is 6. The van der Waals surface area contributed by atoms with Crippen LogP contribution in [-0.2, 0) is 0 Å². The molecule has 0 saturated heterocycles. The molecule has 0 N–H and O–H groups in total. The highest BCUT2D eigenvalue weighted by Gasteiger charge is 2.26. The van der Waals surface area contributed by atoms with E-state index in [1.54, 1.807) is 21.2 Å². The van der Waals surface area contributed by atoms with Crippen molar-refractivity contribution in [3.05, 3.63) is 130 Å². The molecule has 0 saturated carbocycles. The number of para-hydroxylation sites is 2. The summed E-state index contributed by atoms with van der Waals surface area (Å²) in [5.41, 5.74) is 3.27. The van der Waals surface area contributed by atoms with Gasteiger partial charge >= 0.3 is 0 Å². The first-order valence-corrected chi connectivity index (χ1v) is 12.5. The van der Waals surface area contributed by atoms with Gasteiger partial charge in [0, 0.05) is 16.5 Å². The summed E-state index contributed by atoms with van der Waals surface area (Å²) in [6, 6.07) is 34.3. The van der Waals surface area contributed by atoms with Crippen LogP contribution in [0.1, 0.15) is 0 Å². The fourth-order valence-corrected chi connectivity index (χ4v) is 5.39.